The summed E-state index contributed by atoms with van der Waals surface area (Å²) in [4.78, 5) is 4.99. The second-order valence-electron chi connectivity index (χ2n) is 6.19. The van der Waals surface area contributed by atoms with E-state index in [1.165, 1.54) is 25.1 Å². The van der Waals surface area contributed by atoms with Crippen molar-refractivity contribution in [1.29, 1.82) is 0 Å². The van der Waals surface area contributed by atoms with Crippen LogP contribution in [0, 0.1) is 11.8 Å². The zero-order valence-electron chi connectivity index (χ0n) is 12.2. The van der Waals surface area contributed by atoms with E-state index in [4.69, 9.17) is 0 Å². The Labute approximate surface area is 128 Å². The van der Waals surface area contributed by atoms with E-state index in [0.29, 0.717) is 0 Å². The van der Waals surface area contributed by atoms with Gasteiger partial charge in [0.2, 0.25) is 5.13 Å². The van der Waals surface area contributed by atoms with Crippen LogP contribution in [0.15, 0.2) is 17.9 Å². The van der Waals surface area contributed by atoms with E-state index in [1.54, 1.807) is 11.3 Å². The summed E-state index contributed by atoms with van der Waals surface area (Å²) in [6.45, 7) is 5.69. The largest absolute Gasteiger partial charge is 0.346 e. The molecule has 21 heavy (non-hydrogen) atoms. The fourth-order valence-corrected chi connectivity index (χ4v) is 4.24. The van der Waals surface area contributed by atoms with Crippen molar-refractivity contribution < 1.29 is 0 Å². The summed E-state index contributed by atoms with van der Waals surface area (Å²) in [7, 11) is 1.98. The molecule has 0 aliphatic carbocycles. The van der Waals surface area contributed by atoms with Gasteiger partial charge in [-0.05, 0) is 24.8 Å². The van der Waals surface area contributed by atoms with Crippen LogP contribution in [0.4, 0.5) is 5.13 Å². The van der Waals surface area contributed by atoms with Gasteiger partial charge in [0.1, 0.15) is 5.51 Å². The highest BCUT2D eigenvalue weighted by molar-refractivity contribution is 7.13. The monoisotopic (exact) mass is 304 g/mol. The molecule has 2 saturated heterocycles. The second kappa shape index (κ2) is 5.38. The maximum absolute atomic E-state index is 4.26. The zero-order valence-corrected chi connectivity index (χ0v) is 13.0. The van der Waals surface area contributed by atoms with Gasteiger partial charge >= 0.3 is 0 Å². The third kappa shape index (κ3) is 2.67. The molecule has 0 aromatic carbocycles. The molecule has 2 aliphatic heterocycles. The van der Waals surface area contributed by atoms with Crippen molar-refractivity contribution in [2.24, 2.45) is 18.9 Å². The number of piperidine rings is 1. The second-order valence-corrected chi connectivity index (χ2v) is 7.00. The number of rotatable bonds is 3. The number of nitrogens with zero attached hydrogens (tertiary/aromatic N) is 6. The summed E-state index contributed by atoms with van der Waals surface area (Å²) in [5, 5.41) is 13.5. The minimum atomic E-state index is 0.763. The number of hydrogen-bond acceptors (Lipinski definition) is 6. The van der Waals surface area contributed by atoms with E-state index in [9.17, 15) is 0 Å². The normalized spacial score (nSPS) is 26.2. The molecule has 0 unspecified atom stereocenters. The molecule has 0 radical (unpaired) electrons. The molecule has 4 heterocycles. The molecule has 4 rings (SSSR count). The molecule has 2 aliphatic rings. The third-order valence-electron chi connectivity index (χ3n) is 4.67. The van der Waals surface area contributed by atoms with Crippen LogP contribution >= 0.6 is 11.3 Å². The number of aromatic nitrogens is 4. The summed E-state index contributed by atoms with van der Waals surface area (Å²) in [6, 6.07) is 0. The summed E-state index contributed by atoms with van der Waals surface area (Å²) >= 11 is 1.65. The van der Waals surface area contributed by atoms with Crippen LogP contribution in [-0.4, -0.2) is 51.1 Å². The van der Waals surface area contributed by atoms with E-state index < -0.39 is 0 Å². The molecule has 0 spiro atoms. The van der Waals surface area contributed by atoms with Gasteiger partial charge in [0.15, 0.2) is 0 Å². The fraction of sp³-hybridized carbons (Fsp3) is 0.643. The molecular weight excluding hydrogens is 284 g/mol. The first kappa shape index (κ1) is 13.2. The highest BCUT2D eigenvalue weighted by Gasteiger charge is 2.37. The van der Waals surface area contributed by atoms with Crippen LogP contribution < -0.4 is 4.90 Å². The predicted molar refractivity (Wildman–Crippen MR) is 82.2 cm³/mol. The van der Waals surface area contributed by atoms with Gasteiger partial charge in [-0.25, -0.2) is 0 Å². The fourth-order valence-electron chi connectivity index (χ4n) is 3.66. The minimum absolute atomic E-state index is 0.763. The van der Waals surface area contributed by atoms with Crippen LogP contribution in [0.2, 0.25) is 0 Å². The Morgan fingerprint density at radius 1 is 1.29 bits per heavy atom. The van der Waals surface area contributed by atoms with Gasteiger partial charge in [-0.1, -0.05) is 11.3 Å². The summed E-state index contributed by atoms with van der Waals surface area (Å²) in [5.41, 5.74) is 3.14. The lowest BCUT2D eigenvalue weighted by Gasteiger charge is -2.33. The Morgan fingerprint density at radius 2 is 2.19 bits per heavy atom. The van der Waals surface area contributed by atoms with Crippen molar-refractivity contribution in [3.63, 3.8) is 0 Å². The predicted octanol–water partition coefficient (Wildman–Crippen LogP) is 1.23. The van der Waals surface area contributed by atoms with E-state index >= 15 is 0 Å². The number of anilines is 1. The summed E-state index contributed by atoms with van der Waals surface area (Å²) < 4.78 is 1.88. The van der Waals surface area contributed by atoms with Gasteiger partial charge in [0, 0.05) is 45.0 Å². The van der Waals surface area contributed by atoms with Crippen molar-refractivity contribution >= 4 is 16.5 Å². The molecule has 112 valence electrons. The number of aryl methyl sites for hydroxylation is 1. The van der Waals surface area contributed by atoms with Crippen LogP contribution in [0.1, 0.15) is 12.0 Å². The molecular formula is C14H20N6S. The Bertz CT molecular complexity index is 594. The standard InChI is InChI=1S/C14H20N6S/c1-18-5-11(4-16-18)6-19-3-2-12-8-20(9-13(12)7-19)14-17-15-10-21-14/h4-5,10,12-13H,2-3,6-9H2,1H3/t12-,13-/m1/s1. The molecule has 0 amide bonds. The third-order valence-corrected chi connectivity index (χ3v) is 5.42. The molecule has 6 nitrogen and oxygen atoms in total. The smallest absolute Gasteiger partial charge is 0.208 e. The molecule has 0 bridgehead atoms. The lowest BCUT2D eigenvalue weighted by Crippen LogP contribution is -2.39. The molecule has 0 saturated carbocycles. The summed E-state index contributed by atoms with van der Waals surface area (Å²) in [5.74, 6) is 1.58. The zero-order chi connectivity index (χ0) is 14.2. The van der Waals surface area contributed by atoms with E-state index in [0.717, 1.165) is 36.6 Å². The lowest BCUT2D eigenvalue weighted by atomic mass is 9.88. The molecule has 7 heteroatoms. The lowest BCUT2D eigenvalue weighted by molar-refractivity contribution is 0.142. The van der Waals surface area contributed by atoms with E-state index in [-0.39, 0.29) is 0 Å². The van der Waals surface area contributed by atoms with Gasteiger partial charge in [-0.2, -0.15) is 5.10 Å². The van der Waals surface area contributed by atoms with Crippen LogP contribution in [0.3, 0.4) is 0 Å². The van der Waals surface area contributed by atoms with Gasteiger partial charge in [-0.3, -0.25) is 9.58 Å². The molecule has 2 fully saturated rings. The van der Waals surface area contributed by atoms with Gasteiger partial charge in [0.25, 0.3) is 0 Å². The minimum Gasteiger partial charge on any atom is -0.346 e. The Kier molecular flexibility index (Phi) is 3.39. The van der Waals surface area contributed by atoms with Crippen molar-refractivity contribution in [2.45, 2.75) is 13.0 Å². The Hall–Kier alpha value is -1.47. The first-order valence-corrected chi connectivity index (χ1v) is 8.37. The maximum atomic E-state index is 4.26. The summed E-state index contributed by atoms with van der Waals surface area (Å²) in [6.07, 6.45) is 5.39. The molecule has 2 aromatic rings. The molecule has 2 atom stereocenters. The first-order valence-electron chi connectivity index (χ1n) is 7.49. The average Bonchev–Trinajstić information content (AvgIpc) is 3.18. The highest BCUT2D eigenvalue weighted by atomic mass is 32.1. The van der Waals surface area contributed by atoms with Gasteiger partial charge in [0.05, 0.1) is 6.20 Å². The van der Waals surface area contributed by atoms with Crippen LogP contribution in [0.25, 0.3) is 0 Å². The SMILES string of the molecule is Cn1cc(CN2CC[C@@H]3CN(c4nncs4)C[C@H]3C2)cn1. The number of fused-ring (bicyclic) bond motifs is 1. The number of likely N-dealkylation sites (tertiary alicyclic amines) is 1. The van der Waals surface area contributed by atoms with Crippen molar-refractivity contribution in [3.8, 4) is 0 Å². The van der Waals surface area contributed by atoms with Crippen LogP contribution in [0.5, 0.6) is 0 Å². The quantitative estimate of drug-likeness (QED) is 0.853. The highest BCUT2D eigenvalue weighted by Crippen LogP contribution is 2.34. The average molecular weight is 304 g/mol. The van der Waals surface area contributed by atoms with Crippen molar-refractivity contribution in [2.75, 3.05) is 31.1 Å². The van der Waals surface area contributed by atoms with Gasteiger partial charge in [-0.15, -0.1) is 10.2 Å². The topological polar surface area (TPSA) is 50.1 Å². The molecule has 2 aromatic heterocycles. The van der Waals surface area contributed by atoms with Gasteiger partial charge < -0.3 is 4.90 Å². The number of hydrogen-bond donors (Lipinski definition) is 0. The van der Waals surface area contributed by atoms with E-state index in [2.05, 4.69) is 31.3 Å². The Balaban J connectivity index is 1.39. The van der Waals surface area contributed by atoms with E-state index in [1.807, 2.05) is 23.4 Å². The van der Waals surface area contributed by atoms with Crippen molar-refractivity contribution in [1.82, 2.24) is 24.9 Å². The van der Waals surface area contributed by atoms with Crippen molar-refractivity contribution in [3.05, 3.63) is 23.5 Å². The maximum Gasteiger partial charge on any atom is 0.208 e. The molecule has 0 N–H and O–H groups in total. The first-order chi connectivity index (χ1) is 10.3. The van der Waals surface area contributed by atoms with Crippen LogP contribution in [-0.2, 0) is 13.6 Å². The Morgan fingerprint density at radius 3 is 2.95 bits per heavy atom.